The van der Waals surface area contributed by atoms with E-state index in [9.17, 15) is 4.39 Å². The highest BCUT2D eigenvalue weighted by Crippen LogP contribution is 2.34. The van der Waals surface area contributed by atoms with Crippen LogP contribution in [0, 0.1) is 17.1 Å². The van der Waals surface area contributed by atoms with Crippen LogP contribution in [0.1, 0.15) is 5.56 Å². The smallest absolute Gasteiger partial charge is 0.169 e. The molecule has 96 valence electrons. The zero-order chi connectivity index (χ0) is 13.8. The Morgan fingerprint density at radius 2 is 1.84 bits per heavy atom. The van der Waals surface area contributed by atoms with E-state index in [0.29, 0.717) is 22.8 Å². The molecule has 2 aromatic rings. The fourth-order valence-corrected chi connectivity index (χ4v) is 1.55. The van der Waals surface area contributed by atoms with E-state index in [0.717, 1.165) is 0 Å². The summed E-state index contributed by atoms with van der Waals surface area (Å²) < 4.78 is 23.6. The number of methoxy groups -OCH3 is 1. The molecule has 0 saturated heterocycles. The van der Waals surface area contributed by atoms with Gasteiger partial charge in [-0.05, 0) is 24.3 Å². The van der Waals surface area contributed by atoms with Gasteiger partial charge in [0.1, 0.15) is 5.82 Å². The van der Waals surface area contributed by atoms with E-state index in [1.165, 1.54) is 25.3 Å². The van der Waals surface area contributed by atoms with E-state index in [2.05, 4.69) is 0 Å². The van der Waals surface area contributed by atoms with Crippen LogP contribution >= 0.6 is 0 Å². The maximum atomic E-state index is 12.9. The molecule has 0 unspecified atom stereocenters. The second-order valence-electron chi connectivity index (χ2n) is 3.76. The quantitative estimate of drug-likeness (QED) is 0.859. The molecule has 4 nitrogen and oxygen atoms in total. The van der Waals surface area contributed by atoms with Crippen LogP contribution in [-0.2, 0) is 0 Å². The number of hydrogen-bond donors (Lipinski definition) is 1. The third-order valence-corrected chi connectivity index (χ3v) is 2.48. The molecule has 0 radical (unpaired) electrons. The Labute approximate surface area is 109 Å². The van der Waals surface area contributed by atoms with E-state index < -0.39 is 5.82 Å². The van der Waals surface area contributed by atoms with E-state index in [1.807, 2.05) is 6.07 Å². The van der Waals surface area contributed by atoms with Crippen molar-refractivity contribution in [3.05, 3.63) is 47.8 Å². The Balaban J connectivity index is 2.35. The first-order valence-electron chi connectivity index (χ1n) is 5.45. The molecular weight excluding hydrogens is 247 g/mol. The van der Waals surface area contributed by atoms with Gasteiger partial charge in [-0.2, -0.15) is 5.26 Å². The Kier molecular flexibility index (Phi) is 3.53. The largest absolute Gasteiger partial charge is 0.493 e. The molecule has 0 amide bonds. The highest BCUT2D eigenvalue weighted by Gasteiger charge is 2.09. The van der Waals surface area contributed by atoms with Gasteiger partial charge < -0.3 is 15.2 Å². The van der Waals surface area contributed by atoms with Crippen molar-refractivity contribution in [1.29, 1.82) is 5.26 Å². The molecule has 0 saturated carbocycles. The Morgan fingerprint density at radius 3 is 2.47 bits per heavy atom. The zero-order valence-electron chi connectivity index (χ0n) is 10.2. The monoisotopic (exact) mass is 258 g/mol. The summed E-state index contributed by atoms with van der Waals surface area (Å²) in [7, 11) is 1.47. The number of benzene rings is 2. The van der Waals surface area contributed by atoms with Crippen molar-refractivity contribution in [3.8, 4) is 23.3 Å². The SMILES string of the molecule is COc1cc(C#N)ccc1Oc1ccc(F)cc1N. The van der Waals surface area contributed by atoms with Crippen LogP contribution in [0.3, 0.4) is 0 Å². The second kappa shape index (κ2) is 5.27. The van der Waals surface area contributed by atoms with Gasteiger partial charge in [0, 0.05) is 12.1 Å². The normalized spacial score (nSPS) is 9.74. The van der Waals surface area contributed by atoms with Gasteiger partial charge in [0.25, 0.3) is 0 Å². The summed E-state index contributed by atoms with van der Waals surface area (Å²) in [5.74, 6) is 0.698. The molecule has 5 heteroatoms. The van der Waals surface area contributed by atoms with Crippen LogP contribution in [0.4, 0.5) is 10.1 Å². The lowest BCUT2D eigenvalue weighted by Crippen LogP contribution is -1.95. The molecular formula is C14H11FN2O2. The number of nitrogens with zero attached hydrogens (tertiary/aromatic N) is 1. The summed E-state index contributed by atoms with van der Waals surface area (Å²) >= 11 is 0. The van der Waals surface area contributed by atoms with Crippen LogP contribution in [-0.4, -0.2) is 7.11 Å². The number of nitrogen functional groups attached to an aromatic ring is 1. The highest BCUT2D eigenvalue weighted by atomic mass is 19.1. The Hall–Kier alpha value is -2.74. The number of halogens is 1. The first-order chi connectivity index (χ1) is 9.13. The third-order valence-electron chi connectivity index (χ3n) is 2.48. The molecule has 0 aliphatic rings. The summed E-state index contributed by atoms with van der Waals surface area (Å²) in [5.41, 5.74) is 6.30. The summed E-state index contributed by atoms with van der Waals surface area (Å²) in [6.07, 6.45) is 0. The predicted octanol–water partition coefficient (Wildman–Crippen LogP) is 3.08. The van der Waals surface area contributed by atoms with E-state index in [4.69, 9.17) is 20.5 Å². The van der Waals surface area contributed by atoms with Crippen LogP contribution in [0.2, 0.25) is 0 Å². The maximum absolute atomic E-state index is 12.9. The molecule has 0 aromatic heterocycles. The minimum absolute atomic E-state index is 0.186. The first-order valence-corrected chi connectivity index (χ1v) is 5.45. The summed E-state index contributed by atoms with van der Waals surface area (Å²) in [6.45, 7) is 0. The first kappa shape index (κ1) is 12.7. The molecule has 0 heterocycles. The number of rotatable bonds is 3. The number of ether oxygens (including phenoxy) is 2. The maximum Gasteiger partial charge on any atom is 0.169 e. The van der Waals surface area contributed by atoms with Gasteiger partial charge in [0.15, 0.2) is 17.2 Å². The molecule has 0 bridgehead atoms. The minimum Gasteiger partial charge on any atom is -0.493 e. The minimum atomic E-state index is -0.434. The average Bonchev–Trinajstić information content (AvgIpc) is 2.42. The Bertz CT molecular complexity index is 650. The second-order valence-corrected chi connectivity index (χ2v) is 3.76. The van der Waals surface area contributed by atoms with Crippen molar-refractivity contribution in [2.75, 3.05) is 12.8 Å². The predicted molar refractivity (Wildman–Crippen MR) is 68.6 cm³/mol. The number of hydrogen-bond acceptors (Lipinski definition) is 4. The number of nitriles is 1. The van der Waals surface area contributed by atoms with Crippen LogP contribution in [0.5, 0.6) is 17.2 Å². The zero-order valence-corrected chi connectivity index (χ0v) is 10.2. The molecule has 0 fully saturated rings. The molecule has 0 spiro atoms. The van der Waals surface area contributed by atoms with Crippen molar-refractivity contribution in [3.63, 3.8) is 0 Å². The standard InChI is InChI=1S/C14H11FN2O2/c1-18-14-6-9(8-16)2-4-13(14)19-12-5-3-10(15)7-11(12)17/h2-7H,17H2,1H3. The fourth-order valence-electron chi connectivity index (χ4n) is 1.55. The molecule has 0 aliphatic carbocycles. The lowest BCUT2D eigenvalue weighted by Gasteiger charge is -2.12. The van der Waals surface area contributed by atoms with Crippen molar-refractivity contribution in [2.45, 2.75) is 0 Å². The molecule has 2 aromatic carbocycles. The lowest BCUT2D eigenvalue weighted by molar-refractivity contribution is 0.379. The van der Waals surface area contributed by atoms with E-state index >= 15 is 0 Å². The van der Waals surface area contributed by atoms with Crippen LogP contribution < -0.4 is 15.2 Å². The topological polar surface area (TPSA) is 68.3 Å². The lowest BCUT2D eigenvalue weighted by atomic mass is 10.2. The molecule has 0 atom stereocenters. The van der Waals surface area contributed by atoms with Crippen molar-refractivity contribution in [1.82, 2.24) is 0 Å². The summed E-state index contributed by atoms with van der Waals surface area (Å²) in [6, 6.07) is 10.6. The molecule has 0 aliphatic heterocycles. The van der Waals surface area contributed by atoms with Crippen molar-refractivity contribution < 1.29 is 13.9 Å². The van der Waals surface area contributed by atoms with Crippen molar-refractivity contribution >= 4 is 5.69 Å². The van der Waals surface area contributed by atoms with E-state index in [1.54, 1.807) is 18.2 Å². The van der Waals surface area contributed by atoms with E-state index in [-0.39, 0.29) is 5.69 Å². The molecule has 2 N–H and O–H groups in total. The van der Waals surface area contributed by atoms with Gasteiger partial charge in [-0.3, -0.25) is 0 Å². The molecule has 19 heavy (non-hydrogen) atoms. The fraction of sp³-hybridized carbons (Fsp3) is 0.0714. The van der Waals surface area contributed by atoms with Gasteiger partial charge in [-0.25, -0.2) is 4.39 Å². The average molecular weight is 258 g/mol. The van der Waals surface area contributed by atoms with Gasteiger partial charge in [-0.15, -0.1) is 0 Å². The summed E-state index contributed by atoms with van der Waals surface area (Å²) in [5, 5.41) is 8.80. The van der Waals surface area contributed by atoms with Gasteiger partial charge in [0.05, 0.1) is 24.4 Å². The van der Waals surface area contributed by atoms with Gasteiger partial charge in [0.2, 0.25) is 0 Å². The Morgan fingerprint density at radius 1 is 1.11 bits per heavy atom. The number of anilines is 1. The number of nitrogens with two attached hydrogens (primary N) is 1. The summed E-state index contributed by atoms with van der Waals surface area (Å²) in [4.78, 5) is 0. The highest BCUT2D eigenvalue weighted by molar-refractivity contribution is 5.56. The third kappa shape index (κ3) is 2.75. The van der Waals surface area contributed by atoms with Crippen LogP contribution in [0.15, 0.2) is 36.4 Å². The van der Waals surface area contributed by atoms with Gasteiger partial charge in [-0.1, -0.05) is 0 Å². The van der Waals surface area contributed by atoms with Crippen molar-refractivity contribution in [2.24, 2.45) is 0 Å². The van der Waals surface area contributed by atoms with Crippen LogP contribution in [0.25, 0.3) is 0 Å². The molecule has 2 rings (SSSR count). The van der Waals surface area contributed by atoms with Gasteiger partial charge >= 0.3 is 0 Å².